The van der Waals surface area contributed by atoms with Crippen molar-refractivity contribution in [2.75, 3.05) is 7.11 Å². The van der Waals surface area contributed by atoms with E-state index in [1.54, 1.807) is 18.2 Å². The fraction of sp³-hybridized carbons (Fsp3) is 0.188. The fourth-order valence-corrected chi connectivity index (χ4v) is 3.30. The third-order valence-corrected chi connectivity index (χ3v) is 4.65. The summed E-state index contributed by atoms with van der Waals surface area (Å²) in [5.41, 5.74) is 2.43. The van der Waals surface area contributed by atoms with Crippen LogP contribution in [0.3, 0.4) is 0 Å². The zero-order chi connectivity index (χ0) is 16.6. The summed E-state index contributed by atoms with van der Waals surface area (Å²) in [7, 11) is 1.32. The summed E-state index contributed by atoms with van der Waals surface area (Å²) in [5.74, 6) is -0.653. The first-order valence-electron chi connectivity index (χ1n) is 6.83. The molecule has 0 aliphatic carbocycles. The predicted octanol–water partition coefficient (Wildman–Crippen LogP) is 3.53. The summed E-state index contributed by atoms with van der Waals surface area (Å²) in [5, 5.41) is 3.52. The molecule has 0 atom stereocenters. The molecule has 23 heavy (non-hydrogen) atoms. The number of hydrogen-bond donors (Lipinski definition) is 1. The van der Waals surface area contributed by atoms with Crippen LogP contribution in [0.5, 0.6) is 0 Å². The first-order valence-corrected chi connectivity index (χ1v) is 8.09. The molecule has 0 aliphatic rings. The van der Waals surface area contributed by atoms with Crippen LogP contribution >= 0.6 is 22.9 Å². The number of nitrogens with one attached hydrogen (secondary N) is 1. The van der Waals surface area contributed by atoms with E-state index in [0.29, 0.717) is 26.8 Å². The van der Waals surface area contributed by atoms with E-state index in [9.17, 15) is 9.59 Å². The largest absolute Gasteiger partial charge is 0.469 e. The molecule has 3 rings (SSSR count). The van der Waals surface area contributed by atoms with Crippen LogP contribution in [0.4, 0.5) is 0 Å². The maximum Gasteiger partial charge on any atom is 0.310 e. The minimum atomic E-state index is -0.412. The van der Waals surface area contributed by atoms with Crippen molar-refractivity contribution >= 4 is 45.6 Å². The van der Waals surface area contributed by atoms with Crippen LogP contribution in [-0.2, 0) is 16.0 Å². The van der Waals surface area contributed by atoms with Crippen LogP contribution in [0, 0.1) is 6.92 Å². The molecular weight excluding hydrogens is 336 g/mol. The lowest BCUT2D eigenvalue weighted by molar-refractivity contribution is -0.139. The number of ether oxygens (including phenoxy) is 1. The van der Waals surface area contributed by atoms with Gasteiger partial charge in [0.25, 0.3) is 0 Å². The SMILES string of the molecule is COC(=O)Cc1c(C(=O)c2nc(C)cs2)[nH]c2cc(Cl)ccc12. The number of fused-ring (bicyclic) bond motifs is 1. The van der Waals surface area contributed by atoms with Gasteiger partial charge < -0.3 is 9.72 Å². The number of aryl methyl sites for hydroxylation is 1. The quantitative estimate of drug-likeness (QED) is 0.578. The molecule has 0 radical (unpaired) electrons. The second-order valence-electron chi connectivity index (χ2n) is 5.04. The van der Waals surface area contributed by atoms with Crippen LogP contribution in [0.2, 0.25) is 5.02 Å². The van der Waals surface area contributed by atoms with Crippen molar-refractivity contribution < 1.29 is 14.3 Å². The lowest BCUT2D eigenvalue weighted by Crippen LogP contribution is -2.10. The summed E-state index contributed by atoms with van der Waals surface area (Å²) in [6, 6.07) is 5.23. The Bertz CT molecular complexity index is 913. The minimum absolute atomic E-state index is 0.00353. The minimum Gasteiger partial charge on any atom is -0.469 e. The Labute approximate surface area is 141 Å². The van der Waals surface area contributed by atoms with Gasteiger partial charge in [0.1, 0.15) is 0 Å². The Morgan fingerprint density at radius 1 is 1.39 bits per heavy atom. The Morgan fingerprint density at radius 2 is 2.17 bits per heavy atom. The summed E-state index contributed by atoms with van der Waals surface area (Å²) < 4.78 is 4.74. The van der Waals surface area contributed by atoms with Crippen molar-refractivity contribution in [2.45, 2.75) is 13.3 Å². The molecule has 0 spiro atoms. The number of nitrogens with zero attached hydrogens (tertiary/aromatic N) is 1. The molecule has 3 aromatic rings. The highest BCUT2D eigenvalue weighted by Gasteiger charge is 2.23. The van der Waals surface area contributed by atoms with Gasteiger partial charge in [-0.05, 0) is 19.1 Å². The van der Waals surface area contributed by atoms with Gasteiger partial charge in [-0.15, -0.1) is 11.3 Å². The highest BCUT2D eigenvalue weighted by atomic mass is 35.5. The fourth-order valence-electron chi connectivity index (χ4n) is 2.39. The maximum atomic E-state index is 12.7. The van der Waals surface area contributed by atoms with Gasteiger partial charge in [-0.1, -0.05) is 17.7 Å². The van der Waals surface area contributed by atoms with E-state index in [-0.39, 0.29) is 12.2 Å². The molecule has 1 N–H and O–H groups in total. The number of halogens is 1. The van der Waals surface area contributed by atoms with Crippen molar-refractivity contribution in [3.05, 3.63) is 50.6 Å². The summed E-state index contributed by atoms with van der Waals surface area (Å²) >= 11 is 7.28. The van der Waals surface area contributed by atoms with Gasteiger partial charge in [0.05, 0.1) is 19.2 Å². The van der Waals surface area contributed by atoms with Crippen molar-refractivity contribution in [1.29, 1.82) is 0 Å². The number of ketones is 1. The van der Waals surface area contributed by atoms with Gasteiger partial charge in [-0.2, -0.15) is 0 Å². The van der Waals surface area contributed by atoms with Crippen molar-refractivity contribution in [2.24, 2.45) is 0 Å². The number of esters is 1. The predicted molar refractivity (Wildman–Crippen MR) is 89.3 cm³/mol. The molecule has 0 unspecified atom stereocenters. The Hall–Kier alpha value is -2.18. The van der Waals surface area contributed by atoms with Gasteiger partial charge in [-0.3, -0.25) is 9.59 Å². The molecule has 0 saturated carbocycles. The number of carbonyl (C=O) groups excluding carboxylic acids is 2. The van der Waals surface area contributed by atoms with Crippen LogP contribution < -0.4 is 0 Å². The van der Waals surface area contributed by atoms with Gasteiger partial charge in [0.2, 0.25) is 5.78 Å². The number of carbonyl (C=O) groups is 2. The standard InChI is InChI=1S/C16H13ClN2O3S/c1-8-7-23-16(18-8)15(21)14-11(6-13(20)22-2)10-4-3-9(17)5-12(10)19-14/h3-5,7,19H,6H2,1-2H3. The number of aromatic amines is 1. The molecular formula is C16H13ClN2O3S. The zero-order valence-corrected chi connectivity index (χ0v) is 14.0. The van der Waals surface area contributed by atoms with Gasteiger partial charge in [-0.25, -0.2) is 4.98 Å². The molecule has 2 heterocycles. The molecule has 0 fully saturated rings. The first-order chi connectivity index (χ1) is 11.0. The van der Waals surface area contributed by atoms with Crippen molar-refractivity contribution in [1.82, 2.24) is 9.97 Å². The van der Waals surface area contributed by atoms with Gasteiger partial charge >= 0.3 is 5.97 Å². The lowest BCUT2D eigenvalue weighted by Gasteiger charge is -2.02. The monoisotopic (exact) mass is 348 g/mol. The van der Waals surface area contributed by atoms with E-state index in [1.165, 1.54) is 18.4 Å². The lowest BCUT2D eigenvalue weighted by atomic mass is 10.1. The number of aromatic nitrogens is 2. The molecule has 1 aromatic carbocycles. The molecule has 0 saturated heterocycles. The topological polar surface area (TPSA) is 72.1 Å². The average Bonchev–Trinajstić information content (AvgIpc) is 3.10. The summed E-state index contributed by atoms with van der Waals surface area (Å²) in [4.78, 5) is 31.7. The number of H-pyrrole nitrogens is 1. The highest BCUT2D eigenvalue weighted by molar-refractivity contribution is 7.12. The van der Waals surface area contributed by atoms with E-state index in [0.717, 1.165) is 11.1 Å². The number of benzene rings is 1. The zero-order valence-electron chi connectivity index (χ0n) is 12.5. The normalized spacial score (nSPS) is 10.9. The second-order valence-corrected chi connectivity index (χ2v) is 6.34. The maximum absolute atomic E-state index is 12.7. The Morgan fingerprint density at radius 3 is 2.83 bits per heavy atom. The van der Waals surface area contributed by atoms with E-state index >= 15 is 0 Å². The number of rotatable bonds is 4. The van der Waals surface area contributed by atoms with E-state index < -0.39 is 5.97 Å². The van der Waals surface area contributed by atoms with Crippen molar-refractivity contribution in [3.8, 4) is 0 Å². The molecule has 5 nitrogen and oxygen atoms in total. The smallest absolute Gasteiger partial charge is 0.310 e. The molecule has 7 heteroatoms. The third kappa shape index (κ3) is 3.00. The summed E-state index contributed by atoms with van der Waals surface area (Å²) in [6.45, 7) is 1.83. The Kier molecular flexibility index (Phi) is 4.19. The summed E-state index contributed by atoms with van der Waals surface area (Å²) in [6.07, 6.45) is 0.00353. The van der Waals surface area contributed by atoms with E-state index in [2.05, 4.69) is 9.97 Å². The highest BCUT2D eigenvalue weighted by Crippen LogP contribution is 2.28. The number of methoxy groups -OCH3 is 1. The van der Waals surface area contributed by atoms with E-state index in [4.69, 9.17) is 16.3 Å². The Balaban J connectivity index is 2.15. The second kappa shape index (κ2) is 6.14. The van der Waals surface area contributed by atoms with Crippen LogP contribution in [0.1, 0.15) is 26.8 Å². The van der Waals surface area contributed by atoms with Gasteiger partial charge in [0.15, 0.2) is 5.01 Å². The van der Waals surface area contributed by atoms with Crippen LogP contribution in [0.15, 0.2) is 23.6 Å². The van der Waals surface area contributed by atoms with Crippen LogP contribution in [0.25, 0.3) is 10.9 Å². The molecule has 0 aliphatic heterocycles. The molecule has 0 bridgehead atoms. The molecule has 0 amide bonds. The molecule has 118 valence electrons. The van der Waals surface area contributed by atoms with Crippen molar-refractivity contribution in [3.63, 3.8) is 0 Å². The van der Waals surface area contributed by atoms with Crippen LogP contribution in [-0.4, -0.2) is 28.8 Å². The number of hydrogen-bond acceptors (Lipinski definition) is 5. The van der Waals surface area contributed by atoms with E-state index in [1.807, 2.05) is 12.3 Å². The number of thiazole rings is 1. The van der Waals surface area contributed by atoms with Gasteiger partial charge in [0, 0.05) is 32.6 Å². The third-order valence-electron chi connectivity index (χ3n) is 3.46. The molecule has 2 aromatic heterocycles. The average molecular weight is 349 g/mol. The first kappa shape index (κ1) is 15.7.